The molecule has 96 valence electrons. The predicted molar refractivity (Wildman–Crippen MR) is 71.1 cm³/mol. The zero-order valence-electron chi connectivity index (χ0n) is 10.9. The first-order chi connectivity index (χ1) is 9.08. The molecule has 0 spiro atoms. The fourth-order valence-electron chi connectivity index (χ4n) is 2.33. The summed E-state index contributed by atoms with van der Waals surface area (Å²) in [6, 6.07) is 1.95. The molecule has 19 heavy (non-hydrogen) atoms. The van der Waals surface area contributed by atoms with Gasteiger partial charge in [0.25, 0.3) is 0 Å². The molecule has 0 unspecified atom stereocenters. The molecule has 0 atom stereocenters. The Morgan fingerprint density at radius 2 is 2.16 bits per heavy atom. The molecule has 0 fully saturated rings. The van der Waals surface area contributed by atoms with Gasteiger partial charge in [-0.15, -0.1) is 0 Å². The first-order valence-electron chi connectivity index (χ1n) is 5.99. The Balaban J connectivity index is 2.26. The van der Waals surface area contributed by atoms with Gasteiger partial charge >= 0.3 is 0 Å². The number of Topliss-reactive ketones (excluding diaryl/α,β-unsaturated/α-hetero) is 1. The number of carbonyl (C=O) groups is 1. The van der Waals surface area contributed by atoms with Gasteiger partial charge in [-0.1, -0.05) is 5.16 Å². The third-order valence-corrected chi connectivity index (χ3v) is 3.23. The Labute approximate surface area is 109 Å². The molecular weight excluding hydrogens is 242 g/mol. The SMILES string of the molecule is CC(=O)c1c[nH]c2ncc(-c3c(C)noc3C)cc12. The van der Waals surface area contributed by atoms with E-state index in [2.05, 4.69) is 15.1 Å². The Hall–Kier alpha value is -2.43. The maximum Gasteiger partial charge on any atom is 0.162 e. The standard InChI is InChI=1S/C14H13N3O2/c1-7-13(9(3)19-17-7)10-4-11-12(8(2)18)6-16-14(11)15-5-10/h4-6H,1-3H3,(H,15,16). The zero-order chi connectivity index (χ0) is 13.6. The summed E-state index contributed by atoms with van der Waals surface area (Å²) in [5.41, 5.74) is 4.02. The molecule has 3 heterocycles. The molecule has 0 aliphatic carbocycles. The summed E-state index contributed by atoms with van der Waals surface area (Å²) in [4.78, 5) is 18.9. The van der Waals surface area contributed by atoms with E-state index in [0.29, 0.717) is 11.2 Å². The quantitative estimate of drug-likeness (QED) is 0.714. The van der Waals surface area contributed by atoms with Crippen LogP contribution in [0.1, 0.15) is 28.7 Å². The Bertz CT molecular complexity index is 764. The van der Waals surface area contributed by atoms with E-state index in [9.17, 15) is 4.79 Å². The third-order valence-electron chi connectivity index (χ3n) is 3.23. The lowest BCUT2D eigenvalue weighted by Gasteiger charge is -2.01. The van der Waals surface area contributed by atoms with Crippen LogP contribution in [-0.2, 0) is 0 Å². The van der Waals surface area contributed by atoms with Crippen LogP contribution in [0.25, 0.3) is 22.2 Å². The van der Waals surface area contributed by atoms with Crippen molar-refractivity contribution >= 4 is 16.8 Å². The van der Waals surface area contributed by atoms with Crippen molar-refractivity contribution in [2.75, 3.05) is 0 Å². The zero-order valence-corrected chi connectivity index (χ0v) is 10.9. The van der Waals surface area contributed by atoms with Gasteiger partial charge in [-0.3, -0.25) is 4.79 Å². The number of aryl methyl sites for hydroxylation is 2. The average molecular weight is 255 g/mol. The lowest BCUT2D eigenvalue weighted by molar-refractivity contribution is 0.101. The monoisotopic (exact) mass is 255 g/mol. The van der Waals surface area contributed by atoms with Crippen LogP contribution in [0.3, 0.4) is 0 Å². The third kappa shape index (κ3) is 1.74. The number of aromatic nitrogens is 3. The first-order valence-corrected chi connectivity index (χ1v) is 5.99. The lowest BCUT2D eigenvalue weighted by atomic mass is 10.0. The van der Waals surface area contributed by atoms with Crippen LogP contribution in [0.4, 0.5) is 0 Å². The molecule has 3 rings (SSSR count). The van der Waals surface area contributed by atoms with Crippen LogP contribution >= 0.6 is 0 Å². The van der Waals surface area contributed by atoms with E-state index in [-0.39, 0.29) is 5.78 Å². The molecule has 5 heteroatoms. The van der Waals surface area contributed by atoms with E-state index >= 15 is 0 Å². The van der Waals surface area contributed by atoms with Crippen molar-refractivity contribution in [1.82, 2.24) is 15.1 Å². The van der Waals surface area contributed by atoms with Crippen molar-refractivity contribution in [2.45, 2.75) is 20.8 Å². The van der Waals surface area contributed by atoms with Gasteiger partial charge in [0.05, 0.1) is 5.69 Å². The molecule has 0 bridgehead atoms. The highest BCUT2D eigenvalue weighted by Gasteiger charge is 2.15. The Kier molecular flexibility index (Phi) is 2.48. The lowest BCUT2D eigenvalue weighted by Crippen LogP contribution is -1.90. The van der Waals surface area contributed by atoms with Gasteiger partial charge in [-0.25, -0.2) is 4.98 Å². The number of hydrogen-bond acceptors (Lipinski definition) is 4. The number of hydrogen-bond donors (Lipinski definition) is 1. The summed E-state index contributed by atoms with van der Waals surface area (Å²) in [5, 5.41) is 4.76. The molecule has 0 saturated heterocycles. The fourth-order valence-corrected chi connectivity index (χ4v) is 2.33. The summed E-state index contributed by atoms with van der Waals surface area (Å²) < 4.78 is 5.17. The van der Waals surface area contributed by atoms with E-state index in [1.54, 1.807) is 19.3 Å². The molecule has 0 aliphatic rings. The van der Waals surface area contributed by atoms with Gasteiger partial charge in [-0.05, 0) is 26.8 Å². The van der Waals surface area contributed by atoms with E-state index in [4.69, 9.17) is 4.52 Å². The summed E-state index contributed by atoms with van der Waals surface area (Å²) in [5.74, 6) is 0.766. The highest BCUT2D eigenvalue weighted by atomic mass is 16.5. The summed E-state index contributed by atoms with van der Waals surface area (Å²) in [6.07, 6.45) is 3.45. The minimum atomic E-state index is 0.0176. The van der Waals surface area contributed by atoms with Gasteiger partial charge in [0.15, 0.2) is 5.78 Å². The minimum Gasteiger partial charge on any atom is -0.361 e. The van der Waals surface area contributed by atoms with E-state index in [1.807, 2.05) is 19.9 Å². The van der Waals surface area contributed by atoms with E-state index < -0.39 is 0 Å². The first kappa shape index (κ1) is 11.6. The summed E-state index contributed by atoms with van der Waals surface area (Å²) in [6.45, 7) is 5.30. The Morgan fingerprint density at radius 3 is 2.79 bits per heavy atom. The highest BCUT2D eigenvalue weighted by molar-refractivity contribution is 6.06. The van der Waals surface area contributed by atoms with Gasteiger partial charge in [0.2, 0.25) is 0 Å². The van der Waals surface area contributed by atoms with Gasteiger partial charge in [-0.2, -0.15) is 0 Å². The normalized spacial score (nSPS) is 11.1. The van der Waals surface area contributed by atoms with Crippen molar-refractivity contribution in [1.29, 1.82) is 0 Å². The highest BCUT2D eigenvalue weighted by Crippen LogP contribution is 2.29. The number of rotatable bonds is 2. The maximum absolute atomic E-state index is 11.6. The van der Waals surface area contributed by atoms with Crippen LogP contribution in [0, 0.1) is 13.8 Å². The number of fused-ring (bicyclic) bond motifs is 1. The second-order valence-electron chi connectivity index (χ2n) is 4.58. The number of nitrogens with one attached hydrogen (secondary N) is 1. The molecule has 3 aromatic heterocycles. The van der Waals surface area contributed by atoms with Crippen LogP contribution in [-0.4, -0.2) is 20.9 Å². The molecule has 1 N–H and O–H groups in total. The van der Waals surface area contributed by atoms with Crippen LogP contribution in [0.15, 0.2) is 23.0 Å². The number of aromatic amines is 1. The molecular formula is C14H13N3O2. The molecule has 0 radical (unpaired) electrons. The topological polar surface area (TPSA) is 71.8 Å². The summed E-state index contributed by atoms with van der Waals surface area (Å²) >= 11 is 0. The number of nitrogens with zero attached hydrogens (tertiary/aromatic N) is 2. The molecule has 5 nitrogen and oxygen atoms in total. The Morgan fingerprint density at radius 1 is 1.37 bits per heavy atom. The molecule has 0 amide bonds. The van der Waals surface area contributed by atoms with Crippen molar-refractivity contribution in [3.63, 3.8) is 0 Å². The second kappa shape index (κ2) is 4.05. The molecule has 0 aliphatic heterocycles. The molecule has 0 aromatic carbocycles. The average Bonchev–Trinajstić information content (AvgIpc) is 2.92. The minimum absolute atomic E-state index is 0.0176. The van der Waals surface area contributed by atoms with Crippen LogP contribution < -0.4 is 0 Å². The van der Waals surface area contributed by atoms with Crippen molar-refractivity contribution in [3.05, 3.63) is 35.5 Å². The summed E-state index contributed by atoms with van der Waals surface area (Å²) in [7, 11) is 0. The smallest absolute Gasteiger partial charge is 0.162 e. The van der Waals surface area contributed by atoms with Gasteiger partial charge in [0.1, 0.15) is 11.4 Å². The number of pyridine rings is 1. The van der Waals surface area contributed by atoms with Gasteiger partial charge < -0.3 is 9.51 Å². The number of carbonyl (C=O) groups excluding carboxylic acids is 1. The number of H-pyrrole nitrogens is 1. The van der Waals surface area contributed by atoms with Crippen LogP contribution in [0.2, 0.25) is 0 Å². The second-order valence-corrected chi connectivity index (χ2v) is 4.58. The van der Waals surface area contributed by atoms with Crippen molar-refractivity contribution in [3.8, 4) is 11.1 Å². The molecule has 0 saturated carbocycles. The van der Waals surface area contributed by atoms with E-state index in [0.717, 1.165) is 28.0 Å². The molecule has 3 aromatic rings. The van der Waals surface area contributed by atoms with Gasteiger partial charge in [0, 0.05) is 34.5 Å². The number of ketones is 1. The van der Waals surface area contributed by atoms with E-state index in [1.165, 1.54) is 0 Å². The predicted octanol–water partition coefficient (Wildman–Crippen LogP) is 3.04. The van der Waals surface area contributed by atoms with Crippen molar-refractivity contribution in [2.24, 2.45) is 0 Å². The van der Waals surface area contributed by atoms with Crippen molar-refractivity contribution < 1.29 is 9.32 Å². The van der Waals surface area contributed by atoms with Crippen LogP contribution in [0.5, 0.6) is 0 Å². The fraction of sp³-hybridized carbons (Fsp3) is 0.214. The largest absolute Gasteiger partial charge is 0.361 e. The maximum atomic E-state index is 11.6.